The Kier molecular flexibility index (Phi) is 5.49. The van der Waals surface area contributed by atoms with Gasteiger partial charge in [0.1, 0.15) is 11.6 Å². The summed E-state index contributed by atoms with van der Waals surface area (Å²) in [5.41, 5.74) is 2.72. The van der Waals surface area contributed by atoms with E-state index < -0.39 is 5.82 Å². The number of hydrogen-bond donors (Lipinski definition) is 3. The lowest BCUT2D eigenvalue weighted by Crippen LogP contribution is -2.35. The Morgan fingerprint density at radius 3 is 2.71 bits per heavy atom. The third-order valence-corrected chi connectivity index (χ3v) is 7.29. The SMILES string of the molecule is Cc1cc2c(F)c(Oc3nc(Nc4cc(C5CC5)[nH]n4)cc(N4CCC(n5cccn5)CC4)n3)ccc2[nH]1. The van der Waals surface area contributed by atoms with E-state index in [1.807, 2.05) is 42.2 Å². The topological polar surface area (TPSA) is 113 Å². The minimum absolute atomic E-state index is 0.0719. The van der Waals surface area contributed by atoms with Gasteiger partial charge in [-0.1, -0.05) is 0 Å². The van der Waals surface area contributed by atoms with Gasteiger partial charge in [0.25, 0.3) is 0 Å². The largest absolute Gasteiger partial charge is 0.421 e. The maximum atomic E-state index is 15.3. The van der Waals surface area contributed by atoms with E-state index in [-0.39, 0.29) is 11.8 Å². The number of H-pyrrole nitrogens is 2. The Morgan fingerprint density at radius 2 is 1.92 bits per heavy atom. The molecule has 2 fully saturated rings. The van der Waals surface area contributed by atoms with E-state index in [0.717, 1.165) is 42.8 Å². The number of aryl methyl sites for hydroxylation is 1. The fourth-order valence-corrected chi connectivity index (χ4v) is 5.14. The summed E-state index contributed by atoms with van der Waals surface area (Å²) in [5.74, 6) is 2.11. The molecule has 1 aliphatic heterocycles. The zero-order valence-electron chi connectivity index (χ0n) is 21.0. The molecule has 1 saturated heterocycles. The van der Waals surface area contributed by atoms with Crippen LogP contribution in [0.15, 0.2) is 48.8 Å². The molecule has 0 amide bonds. The van der Waals surface area contributed by atoms with E-state index in [1.165, 1.54) is 12.8 Å². The van der Waals surface area contributed by atoms with Crippen molar-refractivity contribution in [2.45, 2.75) is 44.6 Å². The van der Waals surface area contributed by atoms with E-state index in [9.17, 15) is 0 Å². The normalized spacial score (nSPS) is 16.3. The molecule has 0 spiro atoms. The smallest absolute Gasteiger partial charge is 0.326 e. The predicted molar refractivity (Wildman–Crippen MR) is 142 cm³/mol. The first-order valence-corrected chi connectivity index (χ1v) is 13.0. The minimum Gasteiger partial charge on any atom is -0.421 e. The molecule has 194 valence electrons. The van der Waals surface area contributed by atoms with Crippen molar-refractivity contribution in [3.05, 3.63) is 66.0 Å². The van der Waals surface area contributed by atoms with Crippen LogP contribution in [0.4, 0.5) is 21.8 Å². The van der Waals surface area contributed by atoms with Crippen LogP contribution in [0.1, 0.15) is 49.0 Å². The van der Waals surface area contributed by atoms with Crippen LogP contribution < -0.4 is 15.0 Å². The third-order valence-electron chi connectivity index (χ3n) is 7.29. The van der Waals surface area contributed by atoms with Gasteiger partial charge in [-0.05, 0) is 56.9 Å². The number of anilines is 3. The number of nitrogens with one attached hydrogen (secondary N) is 3. The van der Waals surface area contributed by atoms with Gasteiger partial charge in [-0.3, -0.25) is 9.78 Å². The third kappa shape index (κ3) is 4.44. The zero-order valence-corrected chi connectivity index (χ0v) is 21.0. The van der Waals surface area contributed by atoms with Gasteiger partial charge in [0.2, 0.25) is 0 Å². The molecule has 3 N–H and O–H groups in total. The molecular weight excluding hydrogens is 485 g/mol. The van der Waals surface area contributed by atoms with E-state index in [0.29, 0.717) is 34.8 Å². The highest BCUT2D eigenvalue weighted by Gasteiger charge is 2.26. The Hall–Kier alpha value is -4.41. The molecule has 0 unspecified atom stereocenters. The number of aromatic amines is 2. The Balaban J connectivity index is 1.18. The van der Waals surface area contributed by atoms with Gasteiger partial charge in [-0.15, -0.1) is 0 Å². The number of aromatic nitrogens is 7. The van der Waals surface area contributed by atoms with Crippen LogP contribution >= 0.6 is 0 Å². The highest BCUT2D eigenvalue weighted by atomic mass is 19.1. The molecule has 1 aliphatic carbocycles. The molecule has 1 aromatic carbocycles. The molecule has 38 heavy (non-hydrogen) atoms. The maximum absolute atomic E-state index is 15.3. The second-order valence-corrected chi connectivity index (χ2v) is 10.1. The number of ether oxygens (including phenoxy) is 1. The average molecular weight is 514 g/mol. The van der Waals surface area contributed by atoms with Crippen LogP contribution in [-0.2, 0) is 0 Å². The number of hydrogen-bond acceptors (Lipinski definition) is 7. The molecular formula is C27H28FN9O. The lowest BCUT2D eigenvalue weighted by Gasteiger charge is -2.33. The van der Waals surface area contributed by atoms with Gasteiger partial charge < -0.3 is 19.9 Å². The van der Waals surface area contributed by atoms with Gasteiger partial charge in [-0.25, -0.2) is 4.39 Å². The van der Waals surface area contributed by atoms with Crippen LogP contribution in [-0.4, -0.2) is 48.0 Å². The van der Waals surface area contributed by atoms with E-state index >= 15 is 4.39 Å². The number of rotatable bonds is 7. The van der Waals surface area contributed by atoms with Crippen LogP contribution in [0.5, 0.6) is 11.8 Å². The number of fused-ring (bicyclic) bond motifs is 1. The Labute approximate surface area is 218 Å². The van der Waals surface area contributed by atoms with Crippen LogP contribution in [0.2, 0.25) is 0 Å². The van der Waals surface area contributed by atoms with Crippen molar-refractivity contribution in [1.82, 2.24) is 34.9 Å². The van der Waals surface area contributed by atoms with E-state index in [1.54, 1.807) is 18.2 Å². The molecule has 10 nitrogen and oxygen atoms in total. The maximum Gasteiger partial charge on any atom is 0.326 e. The second-order valence-electron chi connectivity index (χ2n) is 10.1. The Bertz CT molecular complexity index is 1580. The van der Waals surface area contributed by atoms with Crippen LogP contribution in [0.25, 0.3) is 10.9 Å². The fraction of sp³-hybridized carbons (Fsp3) is 0.333. The zero-order chi connectivity index (χ0) is 25.6. The summed E-state index contributed by atoms with van der Waals surface area (Å²) < 4.78 is 23.3. The summed E-state index contributed by atoms with van der Waals surface area (Å²) in [7, 11) is 0. The molecule has 7 rings (SSSR count). The van der Waals surface area contributed by atoms with Crippen molar-refractivity contribution >= 4 is 28.4 Å². The van der Waals surface area contributed by atoms with Crippen LogP contribution in [0.3, 0.4) is 0 Å². The highest BCUT2D eigenvalue weighted by molar-refractivity contribution is 5.82. The molecule has 0 radical (unpaired) electrons. The minimum atomic E-state index is -0.447. The summed E-state index contributed by atoms with van der Waals surface area (Å²) in [6.07, 6.45) is 8.06. The summed E-state index contributed by atoms with van der Waals surface area (Å²) in [5, 5.41) is 15.7. The van der Waals surface area contributed by atoms with Gasteiger partial charge in [0.15, 0.2) is 17.4 Å². The first kappa shape index (κ1) is 22.8. The summed E-state index contributed by atoms with van der Waals surface area (Å²) in [6.45, 7) is 3.50. The van der Waals surface area contributed by atoms with E-state index in [4.69, 9.17) is 4.74 Å². The van der Waals surface area contributed by atoms with Crippen molar-refractivity contribution < 1.29 is 9.13 Å². The molecule has 0 atom stereocenters. The summed E-state index contributed by atoms with van der Waals surface area (Å²) in [4.78, 5) is 14.6. The van der Waals surface area contributed by atoms with Gasteiger partial charge in [0.05, 0.1) is 6.04 Å². The van der Waals surface area contributed by atoms with E-state index in [2.05, 4.69) is 40.5 Å². The summed E-state index contributed by atoms with van der Waals surface area (Å²) in [6, 6.07) is 11.4. The van der Waals surface area contributed by atoms with Crippen molar-refractivity contribution in [2.75, 3.05) is 23.3 Å². The molecule has 11 heteroatoms. The quantitative estimate of drug-likeness (QED) is 0.260. The van der Waals surface area contributed by atoms with Gasteiger partial charge in [0, 0.05) is 65.8 Å². The number of nitrogens with zero attached hydrogens (tertiary/aromatic N) is 6. The molecule has 2 aliphatic rings. The van der Waals surface area contributed by atoms with Crippen molar-refractivity contribution in [3.63, 3.8) is 0 Å². The second kappa shape index (κ2) is 9.16. The summed E-state index contributed by atoms with van der Waals surface area (Å²) >= 11 is 0. The average Bonchev–Trinajstić information content (AvgIpc) is 3.28. The molecule has 1 saturated carbocycles. The number of piperidine rings is 1. The molecule has 5 aromatic rings. The van der Waals surface area contributed by atoms with Gasteiger partial charge in [-0.2, -0.15) is 20.2 Å². The molecule has 5 heterocycles. The number of benzene rings is 1. The van der Waals surface area contributed by atoms with Crippen molar-refractivity contribution in [3.8, 4) is 11.8 Å². The standard InChI is InChI=1S/C27H28FN9O/c1-16-13-19-20(30-16)5-6-22(26(19)28)38-27-32-23(31-24-14-21(34-35-24)17-3-4-17)15-25(33-27)36-11-7-18(8-12-36)37-10-2-9-29-37/h2,5-6,9-10,13-15,17-18,30H,3-4,7-8,11-12H2,1H3,(H2,31,32,33,34,35). The van der Waals surface area contributed by atoms with Gasteiger partial charge >= 0.3 is 6.01 Å². The van der Waals surface area contributed by atoms with Crippen LogP contribution in [0, 0.1) is 12.7 Å². The van der Waals surface area contributed by atoms with Crippen molar-refractivity contribution in [2.24, 2.45) is 0 Å². The number of halogens is 1. The fourth-order valence-electron chi connectivity index (χ4n) is 5.14. The Morgan fingerprint density at radius 1 is 1.05 bits per heavy atom. The highest BCUT2D eigenvalue weighted by Crippen LogP contribution is 2.40. The monoisotopic (exact) mass is 513 g/mol. The lowest BCUT2D eigenvalue weighted by molar-refractivity contribution is 0.364. The first-order chi connectivity index (χ1) is 18.6. The van der Waals surface area contributed by atoms with Crippen molar-refractivity contribution in [1.29, 1.82) is 0 Å². The molecule has 4 aromatic heterocycles. The predicted octanol–water partition coefficient (Wildman–Crippen LogP) is 5.58. The lowest BCUT2D eigenvalue weighted by atomic mass is 10.1. The molecule has 0 bridgehead atoms. The first-order valence-electron chi connectivity index (χ1n) is 13.0.